The fourth-order valence-electron chi connectivity index (χ4n) is 0.634. The molecule has 0 spiro atoms. The second-order valence-electron chi connectivity index (χ2n) is 2.80. The first-order chi connectivity index (χ1) is 5.11. The van der Waals surface area contributed by atoms with Crippen molar-refractivity contribution >= 4 is 10.8 Å². The zero-order chi connectivity index (χ0) is 8.85. The summed E-state index contributed by atoms with van der Waals surface area (Å²) in [5.74, 6) is 0.440. The van der Waals surface area contributed by atoms with Gasteiger partial charge in [-0.3, -0.25) is 4.21 Å². The third-order valence-corrected chi connectivity index (χ3v) is 3.72. The van der Waals surface area contributed by atoms with Crippen molar-refractivity contribution in [2.75, 3.05) is 5.75 Å². The molecule has 0 rings (SSSR count). The summed E-state index contributed by atoms with van der Waals surface area (Å²) >= 11 is 0. The molecule has 0 aromatic heterocycles. The summed E-state index contributed by atoms with van der Waals surface area (Å²) in [4.78, 5) is 0. The van der Waals surface area contributed by atoms with Gasteiger partial charge in [0.1, 0.15) is 0 Å². The van der Waals surface area contributed by atoms with Crippen LogP contribution in [0.5, 0.6) is 0 Å². The van der Waals surface area contributed by atoms with Crippen molar-refractivity contribution in [2.45, 2.75) is 32.4 Å². The summed E-state index contributed by atoms with van der Waals surface area (Å²) in [6, 6.07) is 2.08. The van der Waals surface area contributed by atoms with E-state index >= 15 is 0 Å². The number of hydrogen-bond acceptors (Lipinski definition) is 2. The first kappa shape index (κ1) is 10.6. The second-order valence-corrected chi connectivity index (χ2v) is 4.70. The SMILES string of the molecule is CCC(C)S(=O)CC(C)C#N. The van der Waals surface area contributed by atoms with E-state index in [1.807, 2.05) is 13.8 Å². The van der Waals surface area contributed by atoms with Gasteiger partial charge in [0.15, 0.2) is 0 Å². The van der Waals surface area contributed by atoms with Gasteiger partial charge in [-0.2, -0.15) is 5.26 Å². The Bertz CT molecular complexity index is 173. The molecule has 0 aliphatic carbocycles. The lowest BCUT2D eigenvalue weighted by Crippen LogP contribution is -2.16. The van der Waals surface area contributed by atoms with Crippen LogP contribution in [0.15, 0.2) is 0 Å². The van der Waals surface area contributed by atoms with Gasteiger partial charge in [0.05, 0.1) is 12.0 Å². The molecule has 0 amide bonds. The molecular formula is C8H15NOS. The number of nitrogens with zero attached hydrogens (tertiary/aromatic N) is 1. The molecule has 0 heterocycles. The molecule has 3 heteroatoms. The molecule has 64 valence electrons. The summed E-state index contributed by atoms with van der Waals surface area (Å²) in [7, 11) is -0.817. The predicted octanol–water partition coefficient (Wildman–Crippen LogP) is 1.69. The third kappa shape index (κ3) is 4.15. The topological polar surface area (TPSA) is 40.9 Å². The highest BCUT2D eigenvalue weighted by molar-refractivity contribution is 7.85. The van der Waals surface area contributed by atoms with Crippen LogP contribution in [0.3, 0.4) is 0 Å². The van der Waals surface area contributed by atoms with Crippen molar-refractivity contribution in [3.8, 4) is 6.07 Å². The Balaban J connectivity index is 3.80. The van der Waals surface area contributed by atoms with Crippen LogP contribution in [-0.4, -0.2) is 15.2 Å². The number of hydrogen-bond donors (Lipinski definition) is 0. The van der Waals surface area contributed by atoms with Crippen LogP contribution >= 0.6 is 0 Å². The number of nitriles is 1. The van der Waals surface area contributed by atoms with Crippen molar-refractivity contribution in [1.29, 1.82) is 5.26 Å². The molecule has 0 aliphatic rings. The van der Waals surface area contributed by atoms with Crippen molar-refractivity contribution in [1.82, 2.24) is 0 Å². The van der Waals surface area contributed by atoms with Gasteiger partial charge in [-0.05, 0) is 13.3 Å². The maximum Gasteiger partial charge on any atom is 0.0662 e. The molecule has 0 N–H and O–H groups in total. The first-order valence-electron chi connectivity index (χ1n) is 3.88. The lowest BCUT2D eigenvalue weighted by molar-refractivity contribution is 0.663. The molecular weight excluding hydrogens is 158 g/mol. The van der Waals surface area contributed by atoms with Crippen LogP contribution in [0.4, 0.5) is 0 Å². The molecule has 0 saturated heterocycles. The molecule has 0 fully saturated rings. The van der Waals surface area contributed by atoms with Crippen LogP contribution in [0.25, 0.3) is 0 Å². The highest BCUT2D eigenvalue weighted by Crippen LogP contribution is 2.05. The molecule has 11 heavy (non-hydrogen) atoms. The maximum atomic E-state index is 11.3. The summed E-state index contributed by atoms with van der Waals surface area (Å²) in [5, 5.41) is 8.68. The van der Waals surface area contributed by atoms with E-state index in [4.69, 9.17) is 5.26 Å². The van der Waals surface area contributed by atoms with Crippen molar-refractivity contribution in [3.05, 3.63) is 0 Å². The first-order valence-corrected chi connectivity index (χ1v) is 5.26. The Morgan fingerprint density at radius 1 is 1.55 bits per heavy atom. The minimum atomic E-state index is -0.817. The highest BCUT2D eigenvalue weighted by Gasteiger charge is 2.11. The van der Waals surface area contributed by atoms with E-state index in [-0.39, 0.29) is 11.2 Å². The quantitative estimate of drug-likeness (QED) is 0.649. The fraction of sp³-hybridized carbons (Fsp3) is 0.875. The average molecular weight is 173 g/mol. The largest absolute Gasteiger partial charge is 0.259 e. The van der Waals surface area contributed by atoms with E-state index in [0.29, 0.717) is 5.75 Å². The summed E-state index contributed by atoms with van der Waals surface area (Å²) in [6.07, 6.45) is 0.921. The molecule has 0 aromatic rings. The Labute approximate surface area is 71.1 Å². The maximum absolute atomic E-state index is 11.3. The second kappa shape index (κ2) is 5.31. The lowest BCUT2D eigenvalue weighted by atomic mass is 10.3. The van der Waals surface area contributed by atoms with Crippen molar-refractivity contribution in [3.63, 3.8) is 0 Å². The van der Waals surface area contributed by atoms with E-state index in [2.05, 4.69) is 6.07 Å². The molecule has 0 radical (unpaired) electrons. The van der Waals surface area contributed by atoms with Crippen LogP contribution in [0, 0.1) is 17.2 Å². The molecule has 0 aromatic carbocycles. The van der Waals surface area contributed by atoms with Crippen LogP contribution in [0.1, 0.15) is 27.2 Å². The van der Waals surface area contributed by atoms with E-state index in [1.165, 1.54) is 0 Å². The van der Waals surface area contributed by atoms with Crippen LogP contribution in [-0.2, 0) is 10.8 Å². The Morgan fingerprint density at radius 2 is 2.09 bits per heavy atom. The lowest BCUT2D eigenvalue weighted by Gasteiger charge is -2.08. The van der Waals surface area contributed by atoms with Crippen LogP contribution < -0.4 is 0 Å². The van der Waals surface area contributed by atoms with E-state index in [9.17, 15) is 4.21 Å². The molecule has 3 unspecified atom stereocenters. The van der Waals surface area contributed by atoms with Crippen molar-refractivity contribution < 1.29 is 4.21 Å². The summed E-state index contributed by atoms with van der Waals surface area (Å²) in [6.45, 7) is 5.78. The fourth-order valence-corrected chi connectivity index (χ4v) is 1.90. The van der Waals surface area contributed by atoms with Gasteiger partial charge in [-0.15, -0.1) is 0 Å². The van der Waals surface area contributed by atoms with Gasteiger partial charge >= 0.3 is 0 Å². The van der Waals surface area contributed by atoms with Gasteiger partial charge in [0, 0.05) is 21.8 Å². The molecule has 0 bridgehead atoms. The van der Waals surface area contributed by atoms with Gasteiger partial charge in [0.25, 0.3) is 0 Å². The predicted molar refractivity (Wildman–Crippen MR) is 47.5 cm³/mol. The summed E-state index contributed by atoms with van der Waals surface area (Å²) < 4.78 is 11.3. The highest BCUT2D eigenvalue weighted by atomic mass is 32.2. The van der Waals surface area contributed by atoms with Gasteiger partial charge < -0.3 is 0 Å². The summed E-state index contributed by atoms with van der Waals surface area (Å²) in [5.41, 5.74) is 0. The zero-order valence-electron chi connectivity index (χ0n) is 7.33. The Morgan fingerprint density at radius 3 is 2.45 bits per heavy atom. The molecule has 3 atom stereocenters. The molecule has 2 nitrogen and oxygen atoms in total. The van der Waals surface area contributed by atoms with Crippen LogP contribution in [0.2, 0.25) is 0 Å². The van der Waals surface area contributed by atoms with Gasteiger partial charge in [-0.1, -0.05) is 13.8 Å². The Hall–Kier alpha value is -0.360. The zero-order valence-corrected chi connectivity index (χ0v) is 8.15. The normalized spacial score (nSPS) is 18.4. The monoisotopic (exact) mass is 173 g/mol. The number of rotatable bonds is 4. The Kier molecular flexibility index (Phi) is 5.14. The average Bonchev–Trinajstić information content (AvgIpc) is 2.02. The van der Waals surface area contributed by atoms with Gasteiger partial charge in [-0.25, -0.2) is 0 Å². The van der Waals surface area contributed by atoms with E-state index in [1.54, 1.807) is 6.92 Å². The smallest absolute Gasteiger partial charge is 0.0662 e. The molecule has 0 aliphatic heterocycles. The van der Waals surface area contributed by atoms with E-state index in [0.717, 1.165) is 6.42 Å². The van der Waals surface area contributed by atoms with E-state index < -0.39 is 10.8 Å². The minimum absolute atomic E-state index is 0.0789. The van der Waals surface area contributed by atoms with Gasteiger partial charge in [0.2, 0.25) is 0 Å². The third-order valence-electron chi connectivity index (χ3n) is 1.66. The van der Waals surface area contributed by atoms with Crippen molar-refractivity contribution in [2.24, 2.45) is 5.92 Å². The minimum Gasteiger partial charge on any atom is -0.259 e. The molecule has 0 saturated carbocycles. The standard InChI is InChI=1S/C8H15NOS/c1-4-8(3)11(10)6-7(2)5-9/h7-8H,4,6H2,1-3H3.